The van der Waals surface area contributed by atoms with Crippen LogP contribution in [-0.2, 0) is 6.42 Å². The van der Waals surface area contributed by atoms with Gasteiger partial charge in [-0.25, -0.2) is 0 Å². The molecule has 124 valence electrons. The molecule has 0 aliphatic carbocycles. The number of rotatable bonds is 10. The van der Waals surface area contributed by atoms with E-state index < -0.39 is 0 Å². The molecule has 1 aromatic heterocycles. The van der Waals surface area contributed by atoms with Gasteiger partial charge in [-0.2, -0.15) is 4.98 Å². The lowest BCUT2D eigenvalue weighted by molar-refractivity contribution is 0.373. The maximum atomic E-state index is 5.13. The van der Waals surface area contributed by atoms with Crippen LogP contribution in [0.5, 0.6) is 0 Å². The number of nitrogens with one attached hydrogen (secondary N) is 1. The highest BCUT2D eigenvalue weighted by atomic mass is 16.5. The number of unbranched alkanes of at least 4 members (excludes halogenated alkanes) is 2. The Hall–Kier alpha value is -1.94. The molecule has 23 heavy (non-hydrogen) atoms. The summed E-state index contributed by atoms with van der Waals surface area (Å²) in [5.41, 5.74) is 2.72. The molecule has 0 unspecified atom stereocenters. The van der Waals surface area contributed by atoms with Gasteiger partial charge >= 0.3 is 0 Å². The standard InChI is InChI=1S/C19H27N3O/c1-3-4-6-11-18(14-17-9-7-5-8-10-17)15-20-13-12-19-21-16(2)22-23-19/h5,7-10,14,20H,3-4,6,11-13,15H2,1-2H3/b18-14-. The van der Waals surface area contributed by atoms with Crippen LogP contribution < -0.4 is 5.32 Å². The SMILES string of the molecule is CCCCC/C(=C/c1ccccc1)CNCCc1nc(C)no1. The second-order valence-electron chi connectivity index (χ2n) is 5.83. The molecule has 0 saturated heterocycles. The van der Waals surface area contributed by atoms with Crippen LogP contribution in [0, 0.1) is 6.92 Å². The van der Waals surface area contributed by atoms with Gasteiger partial charge in [-0.3, -0.25) is 0 Å². The quantitative estimate of drug-likeness (QED) is 0.669. The minimum atomic E-state index is 0.698. The molecule has 0 atom stereocenters. The van der Waals surface area contributed by atoms with Gasteiger partial charge in [0.25, 0.3) is 0 Å². The van der Waals surface area contributed by atoms with Crippen molar-refractivity contribution >= 4 is 6.08 Å². The molecule has 4 heteroatoms. The highest BCUT2D eigenvalue weighted by Crippen LogP contribution is 2.13. The van der Waals surface area contributed by atoms with E-state index in [1.54, 1.807) is 0 Å². The Labute approximate surface area is 139 Å². The third-order valence-electron chi connectivity index (χ3n) is 3.71. The number of hydrogen-bond acceptors (Lipinski definition) is 4. The highest BCUT2D eigenvalue weighted by Gasteiger charge is 2.03. The Morgan fingerprint density at radius 3 is 2.74 bits per heavy atom. The van der Waals surface area contributed by atoms with Crippen molar-refractivity contribution in [3.05, 3.63) is 53.2 Å². The average molecular weight is 313 g/mol. The van der Waals surface area contributed by atoms with Gasteiger partial charge in [0.15, 0.2) is 5.82 Å². The van der Waals surface area contributed by atoms with Crippen LogP contribution in [0.1, 0.15) is 49.9 Å². The molecule has 1 heterocycles. The second-order valence-corrected chi connectivity index (χ2v) is 5.83. The zero-order valence-corrected chi connectivity index (χ0v) is 14.2. The van der Waals surface area contributed by atoms with Crippen LogP contribution in [-0.4, -0.2) is 23.2 Å². The summed E-state index contributed by atoms with van der Waals surface area (Å²) in [7, 11) is 0. The molecule has 0 radical (unpaired) electrons. The normalized spacial score (nSPS) is 11.8. The fourth-order valence-electron chi connectivity index (χ4n) is 2.48. The van der Waals surface area contributed by atoms with Crippen molar-refractivity contribution in [1.82, 2.24) is 15.5 Å². The van der Waals surface area contributed by atoms with Crippen molar-refractivity contribution in [2.45, 2.75) is 46.0 Å². The van der Waals surface area contributed by atoms with Crippen LogP contribution in [0.3, 0.4) is 0 Å². The number of aromatic nitrogens is 2. The maximum Gasteiger partial charge on any atom is 0.227 e. The predicted octanol–water partition coefficient (Wildman–Crippen LogP) is 4.17. The van der Waals surface area contributed by atoms with Gasteiger partial charge in [0, 0.05) is 19.5 Å². The fraction of sp³-hybridized carbons (Fsp3) is 0.474. The van der Waals surface area contributed by atoms with Crippen molar-refractivity contribution in [2.24, 2.45) is 0 Å². The summed E-state index contributed by atoms with van der Waals surface area (Å²) in [5.74, 6) is 1.40. The van der Waals surface area contributed by atoms with E-state index in [0.717, 1.165) is 25.9 Å². The number of aryl methyl sites for hydroxylation is 1. The van der Waals surface area contributed by atoms with Gasteiger partial charge in [0.05, 0.1) is 0 Å². The Kier molecular flexibility index (Phi) is 7.54. The topological polar surface area (TPSA) is 51.0 Å². The van der Waals surface area contributed by atoms with E-state index in [1.807, 2.05) is 6.92 Å². The predicted molar refractivity (Wildman–Crippen MR) is 94.2 cm³/mol. The average Bonchev–Trinajstić information content (AvgIpc) is 2.98. The maximum absolute atomic E-state index is 5.13. The van der Waals surface area contributed by atoms with Crippen LogP contribution in [0.4, 0.5) is 0 Å². The van der Waals surface area contributed by atoms with E-state index in [0.29, 0.717) is 11.7 Å². The van der Waals surface area contributed by atoms with Crippen molar-refractivity contribution in [2.75, 3.05) is 13.1 Å². The van der Waals surface area contributed by atoms with Gasteiger partial charge in [-0.05, 0) is 25.3 Å². The van der Waals surface area contributed by atoms with E-state index in [-0.39, 0.29) is 0 Å². The zero-order valence-electron chi connectivity index (χ0n) is 14.2. The lowest BCUT2D eigenvalue weighted by Crippen LogP contribution is -2.20. The minimum absolute atomic E-state index is 0.698. The molecule has 1 N–H and O–H groups in total. The van der Waals surface area contributed by atoms with Gasteiger partial charge in [-0.1, -0.05) is 66.9 Å². The van der Waals surface area contributed by atoms with E-state index >= 15 is 0 Å². The van der Waals surface area contributed by atoms with Crippen LogP contribution >= 0.6 is 0 Å². The molecule has 1 aromatic carbocycles. The third-order valence-corrected chi connectivity index (χ3v) is 3.71. The third kappa shape index (κ3) is 6.78. The van der Waals surface area contributed by atoms with E-state index in [4.69, 9.17) is 4.52 Å². The molecule has 0 aliphatic rings. The number of benzene rings is 1. The molecule has 4 nitrogen and oxygen atoms in total. The Balaban J connectivity index is 1.83. The minimum Gasteiger partial charge on any atom is -0.339 e. The van der Waals surface area contributed by atoms with Crippen molar-refractivity contribution in [3.8, 4) is 0 Å². The van der Waals surface area contributed by atoms with E-state index in [1.165, 1.54) is 30.4 Å². The highest BCUT2D eigenvalue weighted by molar-refractivity contribution is 5.52. The van der Waals surface area contributed by atoms with E-state index in [2.05, 4.69) is 58.8 Å². The number of hydrogen-bond donors (Lipinski definition) is 1. The Bertz CT molecular complexity index is 590. The lowest BCUT2D eigenvalue weighted by atomic mass is 10.0. The molecule has 0 bridgehead atoms. The molecule has 0 spiro atoms. The first kappa shape index (κ1) is 17.4. The Morgan fingerprint density at radius 1 is 1.22 bits per heavy atom. The molecule has 0 aliphatic heterocycles. The summed E-state index contributed by atoms with van der Waals surface area (Å²) < 4.78 is 5.13. The summed E-state index contributed by atoms with van der Waals surface area (Å²) in [6.07, 6.45) is 8.01. The first-order chi connectivity index (χ1) is 11.3. The first-order valence-corrected chi connectivity index (χ1v) is 8.52. The fourth-order valence-corrected chi connectivity index (χ4v) is 2.48. The zero-order chi connectivity index (χ0) is 16.3. The summed E-state index contributed by atoms with van der Waals surface area (Å²) in [5, 5.41) is 7.31. The largest absolute Gasteiger partial charge is 0.339 e. The summed E-state index contributed by atoms with van der Waals surface area (Å²) in [6.45, 7) is 5.84. The molecule has 0 saturated carbocycles. The summed E-state index contributed by atoms with van der Waals surface area (Å²) in [4.78, 5) is 4.22. The summed E-state index contributed by atoms with van der Waals surface area (Å²) in [6, 6.07) is 10.5. The first-order valence-electron chi connectivity index (χ1n) is 8.52. The van der Waals surface area contributed by atoms with Crippen LogP contribution in [0.15, 0.2) is 40.4 Å². The molecule has 2 aromatic rings. The molecule has 0 amide bonds. The lowest BCUT2D eigenvalue weighted by Gasteiger charge is -2.09. The van der Waals surface area contributed by atoms with Gasteiger partial charge in [0.2, 0.25) is 5.89 Å². The van der Waals surface area contributed by atoms with Crippen molar-refractivity contribution < 1.29 is 4.52 Å². The number of nitrogens with zero attached hydrogens (tertiary/aromatic N) is 2. The van der Waals surface area contributed by atoms with Gasteiger partial charge < -0.3 is 9.84 Å². The molecular formula is C19H27N3O. The monoisotopic (exact) mass is 313 g/mol. The van der Waals surface area contributed by atoms with Crippen molar-refractivity contribution in [3.63, 3.8) is 0 Å². The Morgan fingerprint density at radius 2 is 2.04 bits per heavy atom. The smallest absolute Gasteiger partial charge is 0.227 e. The van der Waals surface area contributed by atoms with Gasteiger partial charge in [0.1, 0.15) is 0 Å². The van der Waals surface area contributed by atoms with Gasteiger partial charge in [-0.15, -0.1) is 0 Å². The summed E-state index contributed by atoms with van der Waals surface area (Å²) >= 11 is 0. The van der Waals surface area contributed by atoms with Crippen LogP contribution in [0.25, 0.3) is 6.08 Å². The second kappa shape index (κ2) is 9.95. The van der Waals surface area contributed by atoms with Crippen LogP contribution in [0.2, 0.25) is 0 Å². The molecule has 2 rings (SSSR count). The molecule has 0 fully saturated rings. The van der Waals surface area contributed by atoms with Crippen molar-refractivity contribution in [1.29, 1.82) is 0 Å². The molecular weight excluding hydrogens is 286 g/mol. The van der Waals surface area contributed by atoms with E-state index in [9.17, 15) is 0 Å².